The van der Waals surface area contributed by atoms with Gasteiger partial charge in [-0.05, 0) is 38.5 Å². The average Bonchev–Trinajstić information content (AvgIpc) is 2.94. The zero-order valence-electron chi connectivity index (χ0n) is 11.6. The second-order valence-corrected chi connectivity index (χ2v) is 4.48. The van der Waals surface area contributed by atoms with Crippen LogP contribution in [-0.2, 0) is 0 Å². The summed E-state index contributed by atoms with van der Waals surface area (Å²) < 4.78 is 5.44. The molecule has 0 aliphatic carbocycles. The summed E-state index contributed by atoms with van der Waals surface area (Å²) in [4.78, 5) is 4.15. The lowest BCUT2D eigenvalue weighted by atomic mass is 10.1. The second kappa shape index (κ2) is 6.33. The molecule has 0 spiro atoms. The van der Waals surface area contributed by atoms with Gasteiger partial charge in [0.15, 0.2) is 0 Å². The zero-order chi connectivity index (χ0) is 13.7. The Morgan fingerprint density at radius 1 is 1.21 bits per heavy atom. The third-order valence-corrected chi connectivity index (χ3v) is 3.03. The fourth-order valence-corrected chi connectivity index (χ4v) is 1.99. The molecule has 0 aliphatic heterocycles. The molecule has 0 amide bonds. The Kier molecular flexibility index (Phi) is 4.52. The Morgan fingerprint density at radius 2 is 1.95 bits per heavy atom. The van der Waals surface area contributed by atoms with Crippen molar-refractivity contribution in [3.8, 4) is 5.75 Å². The molecule has 2 atom stereocenters. The van der Waals surface area contributed by atoms with Gasteiger partial charge in [0, 0.05) is 6.04 Å². The highest BCUT2D eigenvalue weighted by atomic mass is 16.5. The van der Waals surface area contributed by atoms with E-state index in [9.17, 15) is 0 Å². The van der Waals surface area contributed by atoms with Gasteiger partial charge in [-0.2, -0.15) is 5.10 Å². The first-order chi connectivity index (χ1) is 9.20. The van der Waals surface area contributed by atoms with Crippen molar-refractivity contribution in [3.63, 3.8) is 0 Å². The lowest BCUT2D eigenvalue weighted by Gasteiger charge is -2.19. The minimum atomic E-state index is 0.129. The number of nitrogens with zero attached hydrogens (tertiary/aromatic N) is 2. The van der Waals surface area contributed by atoms with Crippen LogP contribution >= 0.6 is 0 Å². The molecule has 0 aliphatic rings. The molecule has 2 unspecified atom stereocenters. The maximum absolute atomic E-state index is 5.44. The van der Waals surface area contributed by atoms with Gasteiger partial charge in [0.05, 0.1) is 12.6 Å². The van der Waals surface area contributed by atoms with Crippen LogP contribution in [0.5, 0.6) is 5.75 Å². The molecule has 5 nitrogen and oxygen atoms in total. The number of benzene rings is 1. The van der Waals surface area contributed by atoms with E-state index in [0.717, 1.165) is 11.6 Å². The molecular formula is C14H20N4O. The van der Waals surface area contributed by atoms with Gasteiger partial charge in [0.2, 0.25) is 0 Å². The van der Waals surface area contributed by atoms with Crippen molar-refractivity contribution in [3.05, 3.63) is 42.0 Å². The van der Waals surface area contributed by atoms with Gasteiger partial charge in [0.1, 0.15) is 17.9 Å². The van der Waals surface area contributed by atoms with E-state index in [4.69, 9.17) is 4.74 Å². The fraction of sp³-hybridized carbons (Fsp3) is 0.429. The predicted octanol–water partition coefficient (Wildman–Crippen LogP) is 2.62. The van der Waals surface area contributed by atoms with Crippen LogP contribution in [0.3, 0.4) is 0 Å². The quantitative estimate of drug-likeness (QED) is 0.838. The largest absolute Gasteiger partial charge is 0.494 e. The summed E-state index contributed by atoms with van der Waals surface area (Å²) >= 11 is 0. The highest BCUT2D eigenvalue weighted by Gasteiger charge is 2.13. The molecule has 2 N–H and O–H groups in total. The summed E-state index contributed by atoms with van der Waals surface area (Å²) in [6, 6.07) is 8.51. The molecule has 1 aromatic carbocycles. The number of ether oxygens (including phenoxy) is 1. The molecule has 0 saturated heterocycles. The third-order valence-electron chi connectivity index (χ3n) is 3.03. The number of aromatic nitrogens is 3. The molecule has 5 heteroatoms. The van der Waals surface area contributed by atoms with Gasteiger partial charge >= 0.3 is 0 Å². The third kappa shape index (κ3) is 3.54. The number of H-pyrrole nitrogens is 1. The summed E-state index contributed by atoms with van der Waals surface area (Å²) in [6.45, 7) is 6.86. The average molecular weight is 260 g/mol. The topological polar surface area (TPSA) is 62.8 Å². The Morgan fingerprint density at radius 3 is 2.53 bits per heavy atom. The first kappa shape index (κ1) is 13.5. The Balaban J connectivity index is 1.97. The van der Waals surface area contributed by atoms with Crippen LogP contribution in [0.4, 0.5) is 0 Å². The summed E-state index contributed by atoms with van der Waals surface area (Å²) in [6.07, 6.45) is 1.52. The predicted molar refractivity (Wildman–Crippen MR) is 74.0 cm³/mol. The molecule has 0 saturated carbocycles. The Hall–Kier alpha value is -1.88. The SMILES string of the molecule is CCOc1ccc(C(C)NC(C)c2ncn[nH]2)cc1. The van der Waals surface area contributed by atoms with Crippen LogP contribution < -0.4 is 10.1 Å². The van der Waals surface area contributed by atoms with Crippen molar-refractivity contribution >= 4 is 0 Å². The highest BCUT2D eigenvalue weighted by molar-refractivity contribution is 5.29. The van der Waals surface area contributed by atoms with E-state index >= 15 is 0 Å². The van der Waals surface area contributed by atoms with Crippen LogP contribution in [0.25, 0.3) is 0 Å². The van der Waals surface area contributed by atoms with Gasteiger partial charge in [-0.25, -0.2) is 4.98 Å². The van der Waals surface area contributed by atoms with Crippen molar-refractivity contribution in [2.45, 2.75) is 32.9 Å². The van der Waals surface area contributed by atoms with E-state index < -0.39 is 0 Å². The van der Waals surface area contributed by atoms with Crippen molar-refractivity contribution in [2.75, 3.05) is 6.61 Å². The zero-order valence-corrected chi connectivity index (χ0v) is 11.6. The monoisotopic (exact) mass is 260 g/mol. The minimum absolute atomic E-state index is 0.129. The van der Waals surface area contributed by atoms with E-state index in [-0.39, 0.29) is 12.1 Å². The molecule has 2 aromatic rings. The van der Waals surface area contributed by atoms with Crippen molar-refractivity contribution in [1.29, 1.82) is 0 Å². The van der Waals surface area contributed by atoms with E-state index in [0.29, 0.717) is 6.61 Å². The summed E-state index contributed by atoms with van der Waals surface area (Å²) in [7, 11) is 0. The fourth-order valence-electron chi connectivity index (χ4n) is 1.99. The number of hydrogen-bond donors (Lipinski definition) is 2. The molecule has 19 heavy (non-hydrogen) atoms. The van der Waals surface area contributed by atoms with Crippen molar-refractivity contribution in [1.82, 2.24) is 20.5 Å². The molecule has 0 fully saturated rings. The van der Waals surface area contributed by atoms with Crippen LogP contribution in [0.15, 0.2) is 30.6 Å². The van der Waals surface area contributed by atoms with E-state index in [1.54, 1.807) is 0 Å². The summed E-state index contributed by atoms with van der Waals surface area (Å²) in [5.41, 5.74) is 1.22. The van der Waals surface area contributed by atoms with Gasteiger partial charge in [-0.1, -0.05) is 12.1 Å². The van der Waals surface area contributed by atoms with Gasteiger partial charge in [-0.15, -0.1) is 0 Å². The number of aromatic amines is 1. The van der Waals surface area contributed by atoms with Crippen LogP contribution in [-0.4, -0.2) is 21.8 Å². The van der Waals surface area contributed by atoms with Crippen molar-refractivity contribution < 1.29 is 4.74 Å². The normalized spacial score (nSPS) is 14.1. The number of rotatable bonds is 6. The van der Waals surface area contributed by atoms with Crippen LogP contribution in [0.2, 0.25) is 0 Å². The Labute approximate surface area is 113 Å². The lowest BCUT2D eigenvalue weighted by Crippen LogP contribution is -2.23. The molecule has 1 aromatic heterocycles. The second-order valence-electron chi connectivity index (χ2n) is 4.48. The number of nitrogens with one attached hydrogen (secondary N) is 2. The first-order valence-electron chi connectivity index (χ1n) is 6.54. The highest BCUT2D eigenvalue weighted by Crippen LogP contribution is 2.20. The maximum atomic E-state index is 5.44. The maximum Gasteiger partial charge on any atom is 0.141 e. The molecule has 102 valence electrons. The smallest absolute Gasteiger partial charge is 0.141 e. The molecular weight excluding hydrogens is 240 g/mol. The Bertz CT molecular complexity index is 481. The van der Waals surface area contributed by atoms with E-state index in [1.165, 1.54) is 11.9 Å². The van der Waals surface area contributed by atoms with Crippen LogP contribution in [0, 0.1) is 0 Å². The van der Waals surface area contributed by atoms with Crippen molar-refractivity contribution in [2.24, 2.45) is 0 Å². The number of hydrogen-bond acceptors (Lipinski definition) is 4. The molecule has 2 rings (SSSR count). The first-order valence-corrected chi connectivity index (χ1v) is 6.54. The van der Waals surface area contributed by atoms with Crippen LogP contribution in [0.1, 0.15) is 44.2 Å². The minimum Gasteiger partial charge on any atom is -0.494 e. The summed E-state index contributed by atoms with van der Waals surface area (Å²) in [5, 5.41) is 10.2. The van der Waals surface area contributed by atoms with Gasteiger partial charge in [-0.3, -0.25) is 5.10 Å². The standard InChI is InChI=1S/C14H20N4O/c1-4-19-13-7-5-12(6-8-13)10(2)17-11(3)14-15-9-16-18-14/h5-11,17H,4H2,1-3H3,(H,15,16,18). The van der Waals surface area contributed by atoms with Gasteiger partial charge < -0.3 is 10.1 Å². The lowest BCUT2D eigenvalue weighted by molar-refractivity contribution is 0.340. The van der Waals surface area contributed by atoms with Gasteiger partial charge in [0.25, 0.3) is 0 Å². The summed E-state index contributed by atoms with van der Waals surface area (Å²) in [5.74, 6) is 1.75. The van der Waals surface area contributed by atoms with E-state index in [1.807, 2.05) is 19.1 Å². The molecule has 1 heterocycles. The molecule has 0 bridgehead atoms. The van der Waals surface area contributed by atoms with E-state index in [2.05, 4.69) is 46.5 Å². The molecule has 0 radical (unpaired) electrons.